The molecule has 2 amide bonds. The van der Waals surface area contributed by atoms with Gasteiger partial charge < -0.3 is 20.3 Å². The summed E-state index contributed by atoms with van der Waals surface area (Å²) in [6.45, 7) is 3.91. The van der Waals surface area contributed by atoms with Crippen molar-refractivity contribution in [2.75, 3.05) is 46.4 Å². The van der Waals surface area contributed by atoms with Crippen LogP contribution in [0.25, 0.3) is 0 Å². The number of aromatic nitrogens is 3. The van der Waals surface area contributed by atoms with Crippen LogP contribution in [0.1, 0.15) is 29.8 Å². The van der Waals surface area contributed by atoms with Crippen molar-refractivity contribution in [1.82, 2.24) is 24.8 Å². The Labute approximate surface area is 147 Å². The summed E-state index contributed by atoms with van der Waals surface area (Å²) >= 11 is 0. The van der Waals surface area contributed by atoms with Gasteiger partial charge in [0, 0.05) is 39.8 Å². The molecule has 1 aromatic rings. The standard InChI is InChI=1S/C16H26N6O3/c1-25-10-9-20-6-2-3-16(15(20)24)4-7-21(12-16)14(23)13-11-22(8-5-17)19-18-13/h11H,2-10,12,17H2,1H3/t16-/m1/s1. The van der Waals surface area contributed by atoms with E-state index in [4.69, 9.17) is 10.5 Å². The lowest BCUT2D eigenvalue weighted by atomic mass is 9.78. The Hall–Kier alpha value is -2.00. The second-order valence-corrected chi connectivity index (χ2v) is 6.80. The van der Waals surface area contributed by atoms with E-state index in [1.165, 1.54) is 0 Å². The van der Waals surface area contributed by atoms with Crippen LogP contribution in [0.4, 0.5) is 0 Å². The minimum absolute atomic E-state index is 0.151. The van der Waals surface area contributed by atoms with Crippen LogP contribution < -0.4 is 5.73 Å². The van der Waals surface area contributed by atoms with E-state index in [0.717, 1.165) is 19.4 Å². The highest BCUT2D eigenvalue weighted by Crippen LogP contribution is 2.40. The molecule has 1 aromatic heterocycles. The number of nitrogens with two attached hydrogens (primary N) is 1. The molecular formula is C16H26N6O3. The van der Waals surface area contributed by atoms with Crippen LogP contribution in [0.5, 0.6) is 0 Å². The molecule has 2 saturated heterocycles. The van der Waals surface area contributed by atoms with E-state index < -0.39 is 5.41 Å². The summed E-state index contributed by atoms with van der Waals surface area (Å²) in [5.41, 5.74) is 5.35. The smallest absolute Gasteiger partial charge is 0.276 e. The average molecular weight is 350 g/mol. The summed E-state index contributed by atoms with van der Waals surface area (Å²) < 4.78 is 6.67. The molecule has 3 rings (SSSR count). The SMILES string of the molecule is COCCN1CCC[C@]2(CCN(C(=O)c3cn(CCN)nn3)C2)C1=O. The number of methoxy groups -OCH3 is 1. The molecule has 2 aliphatic rings. The number of likely N-dealkylation sites (tertiary alicyclic amines) is 2. The van der Waals surface area contributed by atoms with E-state index >= 15 is 0 Å². The third kappa shape index (κ3) is 3.52. The minimum atomic E-state index is -0.449. The molecule has 0 unspecified atom stereocenters. The molecule has 25 heavy (non-hydrogen) atoms. The zero-order valence-electron chi connectivity index (χ0n) is 14.7. The van der Waals surface area contributed by atoms with E-state index in [1.807, 2.05) is 4.90 Å². The molecule has 0 aliphatic carbocycles. The third-order valence-corrected chi connectivity index (χ3v) is 5.15. The molecule has 0 aromatic carbocycles. The number of amides is 2. The normalized spacial score (nSPS) is 23.7. The zero-order valence-corrected chi connectivity index (χ0v) is 14.7. The molecule has 2 fully saturated rings. The molecule has 1 atom stereocenters. The molecule has 2 N–H and O–H groups in total. The molecule has 0 saturated carbocycles. The molecule has 1 spiro atoms. The number of hydrogen-bond acceptors (Lipinski definition) is 6. The lowest BCUT2D eigenvalue weighted by molar-refractivity contribution is -0.146. The second-order valence-electron chi connectivity index (χ2n) is 6.80. The molecular weight excluding hydrogens is 324 g/mol. The van der Waals surface area contributed by atoms with Gasteiger partial charge in [-0.3, -0.25) is 14.3 Å². The Morgan fingerprint density at radius 1 is 1.36 bits per heavy atom. The first kappa shape index (κ1) is 17.8. The number of piperidine rings is 1. The summed E-state index contributed by atoms with van der Waals surface area (Å²) in [5, 5.41) is 7.85. The van der Waals surface area contributed by atoms with Gasteiger partial charge in [-0.1, -0.05) is 5.21 Å². The van der Waals surface area contributed by atoms with Crippen molar-refractivity contribution in [3.05, 3.63) is 11.9 Å². The molecule has 138 valence electrons. The zero-order chi connectivity index (χ0) is 17.9. The average Bonchev–Trinajstić information content (AvgIpc) is 3.24. The van der Waals surface area contributed by atoms with Crippen LogP contribution in [0.15, 0.2) is 6.20 Å². The third-order valence-electron chi connectivity index (χ3n) is 5.15. The van der Waals surface area contributed by atoms with Crippen molar-refractivity contribution in [3.8, 4) is 0 Å². The number of carbonyl (C=O) groups is 2. The molecule has 0 radical (unpaired) electrons. The minimum Gasteiger partial charge on any atom is -0.383 e. The van der Waals surface area contributed by atoms with Crippen LogP contribution in [-0.2, 0) is 16.1 Å². The topological polar surface area (TPSA) is 107 Å². The summed E-state index contributed by atoms with van der Waals surface area (Å²) in [7, 11) is 1.64. The Balaban J connectivity index is 1.67. The van der Waals surface area contributed by atoms with Gasteiger partial charge in [0.25, 0.3) is 5.91 Å². The Morgan fingerprint density at radius 2 is 2.20 bits per heavy atom. The van der Waals surface area contributed by atoms with E-state index in [9.17, 15) is 9.59 Å². The van der Waals surface area contributed by atoms with Gasteiger partial charge in [0.15, 0.2) is 5.69 Å². The van der Waals surface area contributed by atoms with Crippen molar-refractivity contribution in [2.45, 2.75) is 25.8 Å². The maximum absolute atomic E-state index is 12.9. The van der Waals surface area contributed by atoms with Crippen LogP contribution >= 0.6 is 0 Å². The fourth-order valence-electron chi connectivity index (χ4n) is 3.79. The maximum Gasteiger partial charge on any atom is 0.276 e. The first-order valence-corrected chi connectivity index (χ1v) is 8.77. The molecule has 3 heterocycles. The lowest BCUT2D eigenvalue weighted by Gasteiger charge is -2.39. The van der Waals surface area contributed by atoms with Crippen molar-refractivity contribution in [3.63, 3.8) is 0 Å². The molecule has 9 nitrogen and oxygen atoms in total. The van der Waals surface area contributed by atoms with Crippen molar-refractivity contribution in [1.29, 1.82) is 0 Å². The predicted octanol–water partition coefficient (Wildman–Crippen LogP) is -0.662. The number of rotatable bonds is 6. The van der Waals surface area contributed by atoms with Gasteiger partial charge in [0.2, 0.25) is 5.91 Å². The van der Waals surface area contributed by atoms with E-state index in [1.54, 1.807) is 22.9 Å². The Kier molecular flexibility index (Phi) is 5.33. The van der Waals surface area contributed by atoms with Crippen LogP contribution in [0, 0.1) is 5.41 Å². The maximum atomic E-state index is 12.9. The molecule has 0 bridgehead atoms. The highest BCUT2D eigenvalue weighted by atomic mass is 16.5. The summed E-state index contributed by atoms with van der Waals surface area (Å²) in [6.07, 6.45) is 4.12. The van der Waals surface area contributed by atoms with Crippen molar-refractivity contribution >= 4 is 11.8 Å². The first-order chi connectivity index (χ1) is 12.1. The number of ether oxygens (including phenoxy) is 1. The van der Waals surface area contributed by atoms with Crippen LogP contribution in [0.2, 0.25) is 0 Å². The number of nitrogens with zero attached hydrogens (tertiary/aromatic N) is 5. The quantitative estimate of drug-likeness (QED) is 0.730. The fraction of sp³-hybridized carbons (Fsp3) is 0.750. The van der Waals surface area contributed by atoms with Gasteiger partial charge in [0.1, 0.15) is 0 Å². The highest BCUT2D eigenvalue weighted by Gasteiger charge is 2.49. The largest absolute Gasteiger partial charge is 0.383 e. The Bertz CT molecular complexity index is 633. The van der Waals surface area contributed by atoms with Gasteiger partial charge >= 0.3 is 0 Å². The summed E-state index contributed by atoms with van der Waals surface area (Å²) in [5.74, 6) is -0.0140. The molecule has 9 heteroatoms. The van der Waals surface area contributed by atoms with E-state index in [2.05, 4.69) is 10.3 Å². The lowest BCUT2D eigenvalue weighted by Crippen LogP contribution is -2.51. The monoisotopic (exact) mass is 350 g/mol. The summed E-state index contributed by atoms with van der Waals surface area (Å²) in [4.78, 5) is 29.2. The predicted molar refractivity (Wildman–Crippen MR) is 89.7 cm³/mol. The van der Waals surface area contributed by atoms with Crippen LogP contribution in [-0.4, -0.2) is 83.0 Å². The van der Waals surface area contributed by atoms with Crippen molar-refractivity contribution < 1.29 is 14.3 Å². The Morgan fingerprint density at radius 3 is 2.96 bits per heavy atom. The van der Waals surface area contributed by atoms with Crippen molar-refractivity contribution in [2.24, 2.45) is 11.1 Å². The van der Waals surface area contributed by atoms with E-state index in [0.29, 0.717) is 51.4 Å². The number of carbonyl (C=O) groups excluding carboxylic acids is 2. The number of hydrogen-bond donors (Lipinski definition) is 1. The van der Waals surface area contributed by atoms with Gasteiger partial charge in [-0.15, -0.1) is 5.10 Å². The van der Waals surface area contributed by atoms with Gasteiger partial charge in [-0.05, 0) is 19.3 Å². The molecule has 2 aliphatic heterocycles. The highest BCUT2D eigenvalue weighted by molar-refractivity contribution is 5.93. The van der Waals surface area contributed by atoms with Gasteiger partial charge in [-0.25, -0.2) is 0 Å². The summed E-state index contributed by atoms with van der Waals surface area (Å²) in [6, 6.07) is 0. The van der Waals surface area contributed by atoms with Crippen LogP contribution in [0.3, 0.4) is 0 Å². The van der Waals surface area contributed by atoms with Gasteiger partial charge in [0.05, 0.1) is 24.8 Å². The second kappa shape index (κ2) is 7.49. The van der Waals surface area contributed by atoms with Gasteiger partial charge in [-0.2, -0.15) is 0 Å². The first-order valence-electron chi connectivity index (χ1n) is 8.77. The van der Waals surface area contributed by atoms with E-state index in [-0.39, 0.29) is 11.8 Å². The fourth-order valence-corrected chi connectivity index (χ4v) is 3.79.